The molecular formula is C20H16N2O4. The lowest BCUT2D eigenvalue weighted by atomic mass is 10.1. The lowest BCUT2D eigenvalue weighted by molar-refractivity contribution is 0.0636. The van der Waals surface area contributed by atoms with Gasteiger partial charge in [0.15, 0.2) is 0 Å². The van der Waals surface area contributed by atoms with E-state index in [1.165, 1.54) is 4.90 Å². The van der Waals surface area contributed by atoms with Crippen molar-refractivity contribution >= 4 is 22.7 Å². The lowest BCUT2D eigenvalue weighted by Crippen LogP contribution is -2.33. The molecule has 1 aliphatic rings. The summed E-state index contributed by atoms with van der Waals surface area (Å²) in [5.74, 6) is -0.322. The molecule has 0 spiro atoms. The van der Waals surface area contributed by atoms with Crippen molar-refractivity contribution in [3.63, 3.8) is 0 Å². The summed E-state index contributed by atoms with van der Waals surface area (Å²) in [6.07, 6.45) is 0. The Labute approximate surface area is 149 Å². The predicted molar refractivity (Wildman–Crippen MR) is 95.9 cm³/mol. The molecule has 0 atom stereocenters. The highest BCUT2D eigenvalue weighted by Crippen LogP contribution is 2.28. The molecule has 3 aromatic rings. The van der Waals surface area contributed by atoms with Gasteiger partial charge in [-0.15, -0.1) is 0 Å². The Balaban J connectivity index is 1.81. The third kappa shape index (κ3) is 2.50. The minimum Gasteiger partial charge on any atom is -0.403 e. The minimum atomic E-state index is -0.491. The zero-order valence-electron chi connectivity index (χ0n) is 14.4. The van der Waals surface area contributed by atoms with Crippen molar-refractivity contribution in [3.8, 4) is 11.5 Å². The number of nitrogens with zero attached hydrogens (tertiary/aromatic N) is 2. The normalized spacial score (nSPS) is 13.7. The van der Waals surface area contributed by atoms with Crippen LogP contribution >= 0.6 is 0 Å². The fraction of sp³-hybridized carbons (Fsp3) is 0.200. The van der Waals surface area contributed by atoms with Gasteiger partial charge in [0, 0.05) is 12.1 Å². The summed E-state index contributed by atoms with van der Waals surface area (Å²) < 4.78 is 5.31. The smallest absolute Gasteiger partial charge is 0.347 e. The Hall–Kier alpha value is -3.28. The molecule has 1 aromatic heterocycles. The first kappa shape index (κ1) is 16.2. The first-order valence-corrected chi connectivity index (χ1v) is 8.36. The maximum atomic E-state index is 12.6. The molecule has 0 aliphatic carbocycles. The zero-order chi connectivity index (χ0) is 18.4. The average molecular weight is 348 g/mol. The molecule has 2 aromatic carbocycles. The Bertz CT molecular complexity index is 1110. The van der Waals surface area contributed by atoms with Gasteiger partial charge in [-0.3, -0.25) is 14.5 Å². The Morgan fingerprint density at radius 3 is 2.50 bits per heavy atom. The number of carbonyl (C=O) groups excluding carboxylic acids is 2. The fourth-order valence-corrected chi connectivity index (χ4v) is 3.10. The number of rotatable bonds is 3. The van der Waals surface area contributed by atoms with Crippen LogP contribution in [0.5, 0.6) is 0 Å². The third-order valence-electron chi connectivity index (χ3n) is 4.30. The van der Waals surface area contributed by atoms with E-state index in [-0.39, 0.29) is 23.6 Å². The topological polar surface area (TPSA) is 80.5 Å². The molecule has 0 fully saturated rings. The van der Waals surface area contributed by atoms with Gasteiger partial charge in [0.05, 0.1) is 22.0 Å². The van der Waals surface area contributed by atoms with Gasteiger partial charge >= 0.3 is 5.63 Å². The molecule has 0 bridgehead atoms. The molecular weight excluding hydrogens is 332 g/mol. The molecule has 0 N–H and O–H groups in total. The number of amides is 2. The van der Waals surface area contributed by atoms with Gasteiger partial charge in [0.1, 0.15) is 0 Å². The van der Waals surface area contributed by atoms with E-state index in [9.17, 15) is 14.4 Å². The quantitative estimate of drug-likeness (QED) is 0.680. The van der Waals surface area contributed by atoms with Crippen molar-refractivity contribution in [2.24, 2.45) is 5.92 Å². The van der Waals surface area contributed by atoms with Crippen LogP contribution in [-0.4, -0.2) is 28.2 Å². The molecule has 6 nitrogen and oxygen atoms in total. The van der Waals surface area contributed by atoms with Crippen LogP contribution in [-0.2, 0) is 0 Å². The summed E-state index contributed by atoms with van der Waals surface area (Å²) in [6, 6.07) is 11.7. The number of carbonyl (C=O) groups is 2. The molecule has 6 heteroatoms. The van der Waals surface area contributed by atoms with Crippen LogP contribution in [0.25, 0.3) is 22.4 Å². The molecule has 0 unspecified atom stereocenters. The van der Waals surface area contributed by atoms with E-state index in [2.05, 4.69) is 4.98 Å². The van der Waals surface area contributed by atoms with E-state index in [0.717, 1.165) is 0 Å². The third-order valence-corrected chi connectivity index (χ3v) is 4.30. The molecule has 0 saturated carbocycles. The first-order chi connectivity index (χ1) is 12.5. The maximum Gasteiger partial charge on any atom is 0.347 e. The summed E-state index contributed by atoms with van der Waals surface area (Å²) >= 11 is 0. The van der Waals surface area contributed by atoms with E-state index >= 15 is 0 Å². The molecule has 130 valence electrons. The van der Waals surface area contributed by atoms with Crippen LogP contribution in [0.1, 0.15) is 34.6 Å². The molecule has 0 saturated heterocycles. The van der Waals surface area contributed by atoms with Crippen molar-refractivity contribution in [1.29, 1.82) is 0 Å². The number of aromatic nitrogens is 1. The first-order valence-electron chi connectivity index (χ1n) is 8.36. The largest absolute Gasteiger partial charge is 0.403 e. The van der Waals surface area contributed by atoms with Crippen LogP contribution < -0.4 is 5.63 Å². The fourth-order valence-electron chi connectivity index (χ4n) is 3.10. The van der Waals surface area contributed by atoms with Crippen molar-refractivity contribution in [3.05, 3.63) is 64.0 Å². The molecule has 2 amide bonds. The predicted octanol–water partition coefficient (Wildman–Crippen LogP) is 3.11. The van der Waals surface area contributed by atoms with E-state index < -0.39 is 5.63 Å². The molecule has 26 heavy (non-hydrogen) atoms. The van der Waals surface area contributed by atoms with Gasteiger partial charge in [-0.25, -0.2) is 9.78 Å². The summed E-state index contributed by atoms with van der Waals surface area (Å²) in [5.41, 5.74) is 1.19. The zero-order valence-corrected chi connectivity index (χ0v) is 14.4. The van der Waals surface area contributed by atoms with E-state index in [0.29, 0.717) is 34.1 Å². The van der Waals surface area contributed by atoms with E-state index in [1.807, 2.05) is 13.8 Å². The van der Waals surface area contributed by atoms with Crippen molar-refractivity contribution < 1.29 is 14.0 Å². The standard InChI is InChI=1S/C20H16N2O4/c1-11(2)10-22-18(23)13-8-7-12(9-15(13)19(22)24)17-21-16-6-4-3-5-14(16)20(25)26-17/h3-9,11H,10H2,1-2H3. The van der Waals surface area contributed by atoms with E-state index in [4.69, 9.17) is 4.42 Å². The van der Waals surface area contributed by atoms with Crippen LogP contribution in [0.15, 0.2) is 51.7 Å². The monoisotopic (exact) mass is 348 g/mol. The Morgan fingerprint density at radius 1 is 1.00 bits per heavy atom. The molecule has 1 aliphatic heterocycles. The van der Waals surface area contributed by atoms with Gasteiger partial charge in [0.25, 0.3) is 11.8 Å². The summed E-state index contributed by atoms with van der Waals surface area (Å²) in [7, 11) is 0. The van der Waals surface area contributed by atoms with E-state index in [1.54, 1.807) is 42.5 Å². The van der Waals surface area contributed by atoms with Gasteiger partial charge in [0.2, 0.25) is 5.89 Å². The Kier molecular flexibility index (Phi) is 3.68. The van der Waals surface area contributed by atoms with Crippen LogP contribution in [0.3, 0.4) is 0 Å². The summed E-state index contributed by atoms with van der Waals surface area (Å²) in [5, 5.41) is 0.395. The summed E-state index contributed by atoms with van der Waals surface area (Å²) in [6.45, 7) is 4.26. The molecule has 2 heterocycles. The van der Waals surface area contributed by atoms with Crippen LogP contribution in [0.2, 0.25) is 0 Å². The number of benzene rings is 2. The number of fused-ring (bicyclic) bond motifs is 2. The van der Waals surface area contributed by atoms with Crippen molar-refractivity contribution in [2.75, 3.05) is 6.54 Å². The lowest BCUT2D eigenvalue weighted by Gasteiger charge is -2.15. The van der Waals surface area contributed by atoms with Gasteiger partial charge in [-0.2, -0.15) is 0 Å². The number of hydrogen-bond acceptors (Lipinski definition) is 5. The second-order valence-corrected chi connectivity index (χ2v) is 6.70. The molecule has 4 rings (SSSR count). The van der Waals surface area contributed by atoms with Crippen molar-refractivity contribution in [2.45, 2.75) is 13.8 Å². The van der Waals surface area contributed by atoms with Gasteiger partial charge < -0.3 is 4.42 Å². The average Bonchev–Trinajstić information content (AvgIpc) is 2.86. The minimum absolute atomic E-state index is 0.124. The van der Waals surface area contributed by atoms with Gasteiger partial charge in [-0.05, 0) is 36.2 Å². The molecule has 0 radical (unpaired) electrons. The summed E-state index contributed by atoms with van der Waals surface area (Å²) in [4.78, 5) is 42.8. The number of para-hydroxylation sites is 1. The maximum absolute atomic E-state index is 12.6. The number of hydrogen-bond donors (Lipinski definition) is 0. The van der Waals surface area contributed by atoms with Crippen molar-refractivity contribution in [1.82, 2.24) is 9.88 Å². The number of imide groups is 1. The Morgan fingerprint density at radius 2 is 1.73 bits per heavy atom. The highest BCUT2D eigenvalue weighted by molar-refractivity contribution is 6.21. The SMILES string of the molecule is CC(C)CN1C(=O)c2ccc(-c3nc4ccccc4c(=O)o3)cc2C1=O. The second-order valence-electron chi connectivity index (χ2n) is 6.70. The highest BCUT2D eigenvalue weighted by Gasteiger charge is 2.36. The van der Waals surface area contributed by atoms with Gasteiger partial charge in [-0.1, -0.05) is 26.0 Å². The highest BCUT2D eigenvalue weighted by atomic mass is 16.4. The van der Waals surface area contributed by atoms with Crippen LogP contribution in [0.4, 0.5) is 0 Å². The second kappa shape index (κ2) is 5.91. The van der Waals surface area contributed by atoms with Crippen LogP contribution in [0, 0.1) is 5.92 Å².